The van der Waals surface area contributed by atoms with Gasteiger partial charge in [0, 0.05) is 18.1 Å². The lowest BCUT2D eigenvalue weighted by Gasteiger charge is -2.14. The van der Waals surface area contributed by atoms with Crippen molar-refractivity contribution in [2.24, 2.45) is 0 Å². The van der Waals surface area contributed by atoms with Crippen LogP contribution in [0.5, 0.6) is 0 Å². The minimum Gasteiger partial charge on any atom is -0.332 e. The summed E-state index contributed by atoms with van der Waals surface area (Å²) in [7, 11) is -3.91. The number of rotatable bonds is 5. The Labute approximate surface area is 185 Å². The van der Waals surface area contributed by atoms with Gasteiger partial charge in [-0.05, 0) is 60.7 Å². The van der Waals surface area contributed by atoms with Gasteiger partial charge in [-0.3, -0.25) is 0 Å². The Balaban J connectivity index is 1.68. The Kier molecular flexibility index (Phi) is 6.62. The number of hydrogen-bond donors (Lipinski definition) is 3. The van der Waals surface area contributed by atoms with Crippen LogP contribution in [0.4, 0.5) is 30.5 Å². The highest BCUT2D eigenvalue weighted by molar-refractivity contribution is 7.92. The van der Waals surface area contributed by atoms with E-state index >= 15 is 0 Å². The fourth-order valence-corrected chi connectivity index (χ4v) is 3.68. The normalized spacial score (nSPS) is 11.6. The van der Waals surface area contributed by atoms with E-state index in [4.69, 9.17) is 23.8 Å². The van der Waals surface area contributed by atoms with Crippen LogP contribution in [0.15, 0.2) is 65.8 Å². The molecule has 3 rings (SSSR count). The second-order valence-electron chi connectivity index (χ2n) is 5.97. The molecule has 0 bridgehead atoms. The molecule has 0 saturated carbocycles. The average Bonchev–Trinajstić information content (AvgIpc) is 2.69. The summed E-state index contributed by atoms with van der Waals surface area (Å²) in [6, 6.07) is 9.84. The maximum atomic E-state index is 12.9. The van der Waals surface area contributed by atoms with E-state index in [1.165, 1.54) is 36.7 Å². The van der Waals surface area contributed by atoms with Crippen molar-refractivity contribution < 1.29 is 21.6 Å². The Bertz CT molecular complexity index is 1190. The van der Waals surface area contributed by atoms with Gasteiger partial charge in [-0.2, -0.15) is 13.2 Å². The molecule has 31 heavy (non-hydrogen) atoms. The van der Waals surface area contributed by atoms with Gasteiger partial charge >= 0.3 is 6.18 Å². The number of alkyl halides is 3. The number of nitrogens with zero attached hydrogens (tertiary/aromatic N) is 2. The van der Waals surface area contributed by atoms with Gasteiger partial charge in [-0.25, -0.2) is 23.1 Å². The number of hydrogen-bond acceptors (Lipinski definition) is 5. The van der Waals surface area contributed by atoms with Crippen molar-refractivity contribution in [2.45, 2.75) is 11.1 Å². The van der Waals surface area contributed by atoms with Crippen LogP contribution in [0.3, 0.4) is 0 Å². The number of anilines is 3. The summed E-state index contributed by atoms with van der Waals surface area (Å²) in [6.45, 7) is 0. The lowest BCUT2D eigenvalue weighted by molar-refractivity contribution is -0.137. The highest BCUT2D eigenvalue weighted by Crippen LogP contribution is 2.33. The van der Waals surface area contributed by atoms with Crippen molar-refractivity contribution in [1.29, 1.82) is 0 Å². The predicted octanol–water partition coefficient (Wildman–Crippen LogP) is 4.76. The Morgan fingerprint density at radius 1 is 1.00 bits per heavy atom. The second kappa shape index (κ2) is 9.04. The Hall–Kier alpha value is -2.96. The zero-order valence-corrected chi connectivity index (χ0v) is 17.7. The van der Waals surface area contributed by atoms with Gasteiger partial charge in [0.05, 0.1) is 21.2 Å². The first-order valence-electron chi connectivity index (χ1n) is 8.39. The van der Waals surface area contributed by atoms with Crippen molar-refractivity contribution in [2.75, 3.05) is 15.4 Å². The van der Waals surface area contributed by atoms with Gasteiger partial charge in [-0.15, -0.1) is 0 Å². The fourth-order valence-electron chi connectivity index (χ4n) is 2.33. The molecule has 0 atom stereocenters. The molecular formula is C18H13ClF3N5O2S2. The molecule has 2 aromatic carbocycles. The van der Waals surface area contributed by atoms with Gasteiger partial charge in [0.2, 0.25) is 5.95 Å². The van der Waals surface area contributed by atoms with E-state index in [-0.39, 0.29) is 26.7 Å². The maximum absolute atomic E-state index is 12.9. The first kappa shape index (κ1) is 22.7. The fraction of sp³-hybridized carbons (Fsp3) is 0.0556. The summed E-state index contributed by atoms with van der Waals surface area (Å²) >= 11 is 11.0. The van der Waals surface area contributed by atoms with Crippen LogP contribution in [-0.2, 0) is 16.2 Å². The van der Waals surface area contributed by atoms with Gasteiger partial charge < -0.3 is 10.6 Å². The summed E-state index contributed by atoms with van der Waals surface area (Å²) in [5.41, 5.74) is -0.512. The van der Waals surface area contributed by atoms with Gasteiger partial charge in [0.25, 0.3) is 10.0 Å². The van der Waals surface area contributed by atoms with E-state index in [0.717, 1.165) is 18.2 Å². The van der Waals surface area contributed by atoms with E-state index in [1.807, 2.05) is 0 Å². The largest absolute Gasteiger partial charge is 0.416 e. The number of benzene rings is 2. The molecule has 1 heterocycles. The van der Waals surface area contributed by atoms with Crippen LogP contribution >= 0.6 is 23.8 Å². The van der Waals surface area contributed by atoms with Crippen LogP contribution in [0.25, 0.3) is 0 Å². The molecule has 0 aliphatic carbocycles. The smallest absolute Gasteiger partial charge is 0.332 e. The number of aromatic nitrogens is 2. The van der Waals surface area contributed by atoms with Gasteiger partial charge in [-0.1, -0.05) is 11.6 Å². The van der Waals surface area contributed by atoms with Crippen molar-refractivity contribution in [1.82, 2.24) is 9.97 Å². The molecular weight excluding hydrogens is 475 g/mol. The lowest BCUT2D eigenvalue weighted by atomic mass is 10.2. The number of nitrogens with one attached hydrogen (secondary N) is 3. The molecule has 0 fully saturated rings. The molecule has 0 unspecified atom stereocenters. The predicted molar refractivity (Wildman–Crippen MR) is 116 cm³/mol. The molecule has 0 amide bonds. The van der Waals surface area contributed by atoms with Crippen LogP contribution in [0, 0.1) is 0 Å². The molecule has 0 aliphatic rings. The first-order valence-corrected chi connectivity index (χ1v) is 10.7. The van der Waals surface area contributed by atoms with E-state index in [0.29, 0.717) is 5.69 Å². The summed E-state index contributed by atoms with van der Waals surface area (Å²) in [4.78, 5) is 7.54. The monoisotopic (exact) mass is 487 g/mol. The zero-order valence-electron chi connectivity index (χ0n) is 15.3. The van der Waals surface area contributed by atoms with Crippen LogP contribution in [-0.4, -0.2) is 23.5 Å². The third kappa shape index (κ3) is 6.03. The number of halogens is 4. The molecule has 0 radical (unpaired) electrons. The first-order chi connectivity index (χ1) is 14.5. The Morgan fingerprint density at radius 3 is 2.26 bits per heavy atom. The molecule has 3 N–H and O–H groups in total. The topological polar surface area (TPSA) is 96.0 Å². The molecule has 0 saturated heterocycles. The van der Waals surface area contributed by atoms with Crippen molar-refractivity contribution in [3.63, 3.8) is 0 Å². The van der Waals surface area contributed by atoms with Crippen LogP contribution in [0.2, 0.25) is 5.02 Å². The number of thiocarbonyl (C=S) groups is 1. The Morgan fingerprint density at radius 2 is 1.65 bits per heavy atom. The highest BCUT2D eigenvalue weighted by atomic mass is 35.5. The van der Waals surface area contributed by atoms with Crippen molar-refractivity contribution >= 4 is 56.3 Å². The van der Waals surface area contributed by atoms with Crippen LogP contribution in [0.1, 0.15) is 5.56 Å². The quantitative estimate of drug-likeness (QED) is 0.446. The minimum absolute atomic E-state index is 0.0275. The van der Waals surface area contributed by atoms with E-state index in [1.54, 1.807) is 6.07 Å². The lowest BCUT2D eigenvalue weighted by Crippen LogP contribution is -2.20. The summed E-state index contributed by atoms with van der Waals surface area (Å²) < 4.78 is 65.6. The molecule has 7 nitrogen and oxygen atoms in total. The summed E-state index contributed by atoms with van der Waals surface area (Å²) in [5, 5.41) is 5.35. The molecule has 1 aromatic heterocycles. The van der Waals surface area contributed by atoms with E-state index in [2.05, 4.69) is 25.3 Å². The molecule has 13 heteroatoms. The SMILES string of the molecule is O=S(=O)(Nc1ncccn1)c1ccc(NC(=S)Nc2cc(C(F)(F)F)ccc2Cl)cc1. The van der Waals surface area contributed by atoms with Crippen molar-refractivity contribution in [3.05, 3.63) is 71.5 Å². The third-order valence-corrected chi connectivity index (χ3v) is 5.63. The average molecular weight is 488 g/mol. The van der Waals surface area contributed by atoms with Gasteiger partial charge in [0.1, 0.15) is 0 Å². The molecule has 162 valence electrons. The van der Waals surface area contributed by atoms with Crippen LogP contribution < -0.4 is 15.4 Å². The molecule has 0 aliphatic heterocycles. The molecule has 3 aromatic rings. The van der Waals surface area contributed by atoms with E-state index < -0.39 is 21.8 Å². The standard InChI is InChI=1S/C18H13ClF3N5O2S2/c19-14-7-2-11(18(20,21)22)10-15(14)26-17(30)25-12-3-5-13(6-4-12)31(28,29)27-16-23-8-1-9-24-16/h1-10H,(H,23,24,27)(H2,25,26,30). The molecule has 0 spiro atoms. The van der Waals surface area contributed by atoms with Gasteiger partial charge in [0.15, 0.2) is 5.11 Å². The maximum Gasteiger partial charge on any atom is 0.416 e. The zero-order chi connectivity index (χ0) is 22.6. The highest BCUT2D eigenvalue weighted by Gasteiger charge is 2.31. The summed E-state index contributed by atoms with van der Waals surface area (Å²) in [5.74, 6) is -0.0759. The van der Waals surface area contributed by atoms with Crippen molar-refractivity contribution in [3.8, 4) is 0 Å². The number of sulfonamides is 1. The minimum atomic E-state index is -4.53. The van der Waals surface area contributed by atoms with E-state index in [9.17, 15) is 21.6 Å². The summed E-state index contributed by atoms with van der Waals surface area (Å²) in [6.07, 6.45) is -1.75. The second-order valence-corrected chi connectivity index (χ2v) is 8.47. The third-order valence-electron chi connectivity index (χ3n) is 3.76.